The van der Waals surface area contributed by atoms with Crippen LogP contribution in [0.1, 0.15) is 34.6 Å². The van der Waals surface area contributed by atoms with E-state index in [1.807, 2.05) is 6.92 Å². The van der Waals surface area contributed by atoms with Crippen molar-refractivity contribution in [2.45, 2.75) is 34.6 Å². The number of hydrogen-bond acceptors (Lipinski definition) is 2. The number of hydrogen-bond donors (Lipinski definition) is 1. The van der Waals surface area contributed by atoms with E-state index >= 15 is 0 Å². The molecule has 76 valence electrons. The Morgan fingerprint density at radius 1 is 1.38 bits per heavy atom. The molecule has 13 heavy (non-hydrogen) atoms. The van der Waals surface area contributed by atoms with Gasteiger partial charge >= 0.3 is 0 Å². The second-order valence-corrected chi connectivity index (χ2v) is 3.73. The number of allylic oxidation sites excluding steroid dienone is 2. The van der Waals surface area contributed by atoms with Crippen molar-refractivity contribution in [3.05, 3.63) is 11.8 Å². The Hall–Kier alpha value is -0.790. The van der Waals surface area contributed by atoms with E-state index in [1.165, 1.54) is 5.70 Å². The number of rotatable bonds is 5. The van der Waals surface area contributed by atoms with Crippen LogP contribution in [0.5, 0.6) is 0 Å². The van der Waals surface area contributed by atoms with E-state index < -0.39 is 0 Å². The van der Waals surface area contributed by atoms with Gasteiger partial charge < -0.3 is 5.32 Å². The van der Waals surface area contributed by atoms with E-state index in [-0.39, 0.29) is 0 Å². The standard InChI is InChI=1S/C11H22N2/c1-6-12-10(4)7-11(5)13-8-9(2)3/h7,9,12H,6,8H2,1-5H3. The first-order valence-electron chi connectivity index (χ1n) is 4.99. The van der Waals surface area contributed by atoms with Crippen LogP contribution in [0.2, 0.25) is 0 Å². The summed E-state index contributed by atoms with van der Waals surface area (Å²) < 4.78 is 0. The summed E-state index contributed by atoms with van der Waals surface area (Å²) in [7, 11) is 0. The average Bonchev–Trinajstić information content (AvgIpc) is 2.01. The molecule has 0 spiro atoms. The van der Waals surface area contributed by atoms with Crippen LogP contribution in [-0.4, -0.2) is 18.8 Å². The molecule has 2 heteroatoms. The molecule has 0 unspecified atom stereocenters. The SMILES string of the molecule is CCNC(C)=CC(C)=NCC(C)C. The highest BCUT2D eigenvalue weighted by Gasteiger charge is 1.91. The van der Waals surface area contributed by atoms with Crippen LogP contribution in [0, 0.1) is 5.92 Å². The van der Waals surface area contributed by atoms with E-state index in [9.17, 15) is 0 Å². The van der Waals surface area contributed by atoms with E-state index in [0.717, 1.165) is 18.8 Å². The quantitative estimate of drug-likeness (QED) is 0.649. The topological polar surface area (TPSA) is 24.4 Å². The maximum Gasteiger partial charge on any atom is 0.0415 e. The minimum absolute atomic E-state index is 0.641. The zero-order valence-electron chi connectivity index (χ0n) is 9.52. The molecule has 0 saturated carbocycles. The van der Waals surface area contributed by atoms with Crippen LogP contribution in [0.3, 0.4) is 0 Å². The molecule has 0 amide bonds. The van der Waals surface area contributed by atoms with Crippen molar-refractivity contribution in [3.63, 3.8) is 0 Å². The van der Waals surface area contributed by atoms with Gasteiger partial charge in [-0.1, -0.05) is 13.8 Å². The third-order valence-electron chi connectivity index (χ3n) is 1.59. The van der Waals surface area contributed by atoms with Gasteiger partial charge in [0.05, 0.1) is 0 Å². The molecule has 0 aromatic rings. The van der Waals surface area contributed by atoms with Crippen molar-refractivity contribution < 1.29 is 0 Å². The summed E-state index contributed by atoms with van der Waals surface area (Å²) in [5.74, 6) is 0.641. The fourth-order valence-corrected chi connectivity index (χ4v) is 1.02. The Morgan fingerprint density at radius 3 is 2.46 bits per heavy atom. The summed E-state index contributed by atoms with van der Waals surface area (Å²) in [4.78, 5) is 4.45. The van der Waals surface area contributed by atoms with Gasteiger partial charge in [0.15, 0.2) is 0 Å². The predicted octanol–water partition coefficient (Wildman–Crippen LogP) is 2.62. The lowest BCUT2D eigenvalue weighted by molar-refractivity contribution is 0.666. The lowest BCUT2D eigenvalue weighted by Gasteiger charge is -2.03. The lowest BCUT2D eigenvalue weighted by atomic mass is 10.2. The number of nitrogens with one attached hydrogen (secondary N) is 1. The summed E-state index contributed by atoms with van der Waals surface area (Å²) in [6, 6.07) is 0. The molecule has 0 atom stereocenters. The zero-order chi connectivity index (χ0) is 10.3. The molecule has 0 bridgehead atoms. The second-order valence-electron chi connectivity index (χ2n) is 3.73. The van der Waals surface area contributed by atoms with Crippen LogP contribution in [0.25, 0.3) is 0 Å². The predicted molar refractivity (Wildman–Crippen MR) is 60.2 cm³/mol. The van der Waals surface area contributed by atoms with E-state index in [1.54, 1.807) is 0 Å². The number of aliphatic imine (C=N–C) groups is 1. The Labute approximate surface area is 82.1 Å². The van der Waals surface area contributed by atoms with Gasteiger partial charge in [0.2, 0.25) is 0 Å². The van der Waals surface area contributed by atoms with Crippen molar-refractivity contribution in [3.8, 4) is 0 Å². The molecule has 0 heterocycles. The van der Waals surface area contributed by atoms with Gasteiger partial charge in [-0.05, 0) is 32.8 Å². The van der Waals surface area contributed by atoms with Crippen LogP contribution in [0.4, 0.5) is 0 Å². The van der Waals surface area contributed by atoms with Gasteiger partial charge in [-0.2, -0.15) is 0 Å². The molecule has 0 fully saturated rings. The third kappa shape index (κ3) is 7.57. The molecule has 0 aliphatic heterocycles. The minimum atomic E-state index is 0.641. The minimum Gasteiger partial charge on any atom is -0.389 e. The van der Waals surface area contributed by atoms with Crippen LogP contribution < -0.4 is 5.32 Å². The van der Waals surface area contributed by atoms with Crippen LogP contribution in [0.15, 0.2) is 16.8 Å². The first-order chi connectivity index (χ1) is 6.06. The fraction of sp³-hybridized carbons (Fsp3) is 0.727. The summed E-state index contributed by atoms with van der Waals surface area (Å²) in [5.41, 5.74) is 2.29. The van der Waals surface area contributed by atoms with Crippen molar-refractivity contribution in [2.24, 2.45) is 10.9 Å². The summed E-state index contributed by atoms with van der Waals surface area (Å²) in [5, 5.41) is 3.24. The Kier molecular flexibility index (Phi) is 6.29. The van der Waals surface area contributed by atoms with Gasteiger partial charge in [-0.3, -0.25) is 4.99 Å². The molecule has 1 N–H and O–H groups in total. The highest BCUT2D eigenvalue weighted by Crippen LogP contribution is 1.94. The molecular formula is C11H22N2. The van der Waals surface area contributed by atoms with Crippen molar-refractivity contribution in [2.75, 3.05) is 13.1 Å². The van der Waals surface area contributed by atoms with Crippen LogP contribution in [-0.2, 0) is 0 Å². The molecular weight excluding hydrogens is 160 g/mol. The average molecular weight is 182 g/mol. The van der Waals surface area contributed by atoms with Gasteiger partial charge in [-0.15, -0.1) is 0 Å². The molecule has 0 aliphatic carbocycles. The molecule has 0 radical (unpaired) electrons. The van der Waals surface area contributed by atoms with E-state index in [4.69, 9.17) is 0 Å². The third-order valence-corrected chi connectivity index (χ3v) is 1.59. The first kappa shape index (κ1) is 12.2. The normalized spacial score (nSPS) is 13.7. The van der Waals surface area contributed by atoms with Crippen molar-refractivity contribution >= 4 is 5.71 Å². The second kappa shape index (κ2) is 6.70. The smallest absolute Gasteiger partial charge is 0.0415 e. The largest absolute Gasteiger partial charge is 0.389 e. The van der Waals surface area contributed by atoms with Crippen molar-refractivity contribution in [1.29, 1.82) is 0 Å². The monoisotopic (exact) mass is 182 g/mol. The first-order valence-corrected chi connectivity index (χ1v) is 4.99. The van der Waals surface area contributed by atoms with Gasteiger partial charge in [-0.25, -0.2) is 0 Å². The van der Waals surface area contributed by atoms with Crippen LogP contribution >= 0.6 is 0 Å². The lowest BCUT2D eigenvalue weighted by Crippen LogP contribution is -2.10. The summed E-state index contributed by atoms with van der Waals surface area (Å²) >= 11 is 0. The van der Waals surface area contributed by atoms with Gasteiger partial charge in [0, 0.05) is 24.5 Å². The van der Waals surface area contributed by atoms with Gasteiger partial charge in [0.1, 0.15) is 0 Å². The maximum atomic E-state index is 4.45. The molecule has 0 aromatic carbocycles. The highest BCUT2D eigenvalue weighted by atomic mass is 14.9. The Bertz CT molecular complexity index is 190. The van der Waals surface area contributed by atoms with E-state index in [2.05, 4.69) is 44.1 Å². The fourth-order valence-electron chi connectivity index (χ4n) is 1.02. The Morgan fingerprint density at radius 2 is 2.00 bits per heavy atom. The molecule has 0 saturated heterocycles. The molecule has 2 nitrogen and oxygen atoms in total. The Balaban J connectivity index is 4.02. The highest BCUT2D eigenvalue weighted by molar-refractivity contribution is 5.93. The van der Waals surface area contributed by atoms with Crippen molar-refractivity contribution in [1.82, 2.24) is 5.32 Å². The number of nitrogens with zero attached hydrogens (tertiary/aromatic N) is 1. The molecule has 0 rings (SSSR count). The summed E-state index contributed by atoms with van der Waals surface area (Å²) in [6.07, 6.45) is 2.09. The maximum absolute atomic E-state index is 4.45. The van der Waals surface area contributed by atoms with E-state index in [0.29, 0.717) is 5.92 Å². The molecule has 0 aromatic heterocycles. The summed E-state index contributed by atoms with van der Waals surface area (Å²) in [6.45, 7) is 12.5. The molecule has 0 aliphatic rings. The van der Waals surface area contributed by atoms with Gasteiger partial charge in [0.25, 0.3) is 0 Å². The zero-order valence-corrected chi connectivity index (χ0v) is 9.52.